The number of hydrogen-bond acceptors (Lipinski definition) is 7. The summed E-state index contributed by atoms with van der Waals surface area (Å²) in [6.45, 7) is 6.86. The number of likely N-dealkylation sites (N-methyl/N-ethyl adjacent to an activating group) is 1. The van der Waals surface area contributed by atoms with Gasteiger partial charge in [-0.2, -0.15) is 4.99 Å². The second kappa shape index (κ2) is 12.6. The highest BCUT2D eigenvalue weighted by Gasteiger charge is 2.36. The molecule has 1 heterocycles. The molecule has 35 heavy (non-hydrogen) atoms. The number of nitrogens with two attached hydrogens (primary N) is 1. The van der Waals surface area contributed by atoms with E-state index in [2.05, 4.69) is 11.6 Å². The van der Waals surface area contributed by atoms with Gasteiger partial charge in [-0.25, -0.2) is 4.79 Å². The summed E-state index contributed by atoms with van der Waals surface area (Å²) in [6, 6.07) is 13.8. The molecule has 2 aromatic carbocycles. The predicted octanol–water partition coefficient (Wildman–Crippen LogP) is 3.31. The van der Waals surface area contributed by atoms with E-state index in [9.17, 15) is 9.59 Å². The molecule has 0 aliphatic carbocycles. The molecule has 2 atom stereocenters. The quantitative estimate of drug-likeness (QED) is 0.238. The number of amidine groups is 1. The van der Waals surface area contributed by atoms with Gasteiger partial charge in [0.25, 0.3) is 0 Å². The van der Waals surface area contributed by atoms with Crippen molar-refractivity contribution in [2.75, 3.05) is 26.8 Å². The van der Waals surface area contributed by atoms with Crippen LogP contribution in [-0.4, -0.2) is 61.8 Å². The molecule has 1 saturated heterocycles. The van der Waals surface area contributed by atoms with Gasteiger partial charge in [0, 0.05) is 18.5 Å². The van der Waals surface area contributed by atoms with Crippen molar-refractivity contribution in [3.05, 3.63) is 72.3 Å². The summed E-state index contributed by atoms with van der Waals surface area (Å²) in [5.41, 5.74) is 7.35. The van der Waals surface area contributed by atoms with Crippen LogP contribution in [0.5, 0.6) is 11.5 Å². The monoisotopic (exact) mass is 481 g/mol. The normalized spacial score (nSPS) is 18.1. The average molecular weight is 482 g/mol. The molecule has 2 N–H and O–H groups in total. The molecule has 2 unspecified atom stereocenters. The van der Waals surface area contributed by atoms with Crippen LogP contribution in [0.2, 0.25) is 0 Å². The Morgan fingerprint density at radius 1 is 1.17 bits per heavy atom. The molecule has 2 aromatic rings. The zero-order valence-electron chi connectivity index (χ0n) is 20.0. The third kappa shape index (κ3) is 7.58. The minimum Gasteiger partial charge on any atom is -0.494 e. The van der Waals surface area contributed by atoms with Crippen molar-refractivity contribution in [1.82, 2.24) is 4.90 Å². The minimum atomic E-state index is -0.791. The maximum absolute atomic E-state index is 12.2. The number of carbonyl (C=O) groups excluding carboxylic acids is 2. The molecular weight excluding hydrogens is 450 g/mol. The number of ether oxygens (including phenoxy) is 4. The second-order valence-electron chi connectivity index (χ2n) is 8.01. The standard InChI is InChI=1S/C26H31N3O6/c1-4-13-33-25(30)23-15-22(16-29(23)3)35-21-8-6-7-19(14-21)24(27)28-26(31)34-17-18-9-11-20(12-10-18)32-5-2/h4,6-12,14,22-23H,1,5,13,15-17H2,2-3H3,(H2,27,28,31). The molecule has 1 aliphatic rings. The van der Waals surface area contributed by atoms with Crippen molar-refractivity contribution in [2.45, 2.75) is 32.1 Å². The number of esters is 1. The van der Waals surface area contributed by atoms with E-state index >= 15 is 0 Å². The van der Waals surface area contributed by atoms with Gasteiger partial charge in [-0.3, -0.25) is 9.69 Å². The van der Waals surface area contributed by atoms with E-state index in [-0.39, 0.29) is 37.2 Å². The lowest BCUT2D eigenvalue weighted by Crippen LogP contribution is -2.34. The molecule has 0 aromatic heterocycles. The summed E-state index contributed by atoms with van der Waals surface area (Å²) in [7, 11) is 1.85. The third-order valence-electron chi connectivity index (χ3n) is 5.37. The second-order valence-corrected chi connectivity index (χ2v) is 8.01. The number of likely N-dealkylation sites (tertiary alicyclic amines) is 1. The van der Waals surface area contributed by atoms with Crippen molar-refractivity contribution in [2.24, 2.45) is 10.7 Å². The molecule has 9 heteroatoms. The van der Waals surface area contributed by atoms with Crippen LogP contribution in [0.3, 0.4) is 0 Å². The first kappa shape index (κ1) is 25.8. The highest BCUT2D eigenvalue weighted by molar-refractivity contribution is 6.02. The lowest BCUT2D eigenvalue weighted by atomic mass is 10.2. The Hall–Kier alpha value is -3.85. The molecule has 0 saturated carbocycles. The van der Waals surface area contributed by atoms with E-state index in [0.717, 1.165) is 11.3 Å². The third-order valence-corrected chi connectivity index (χ3v) is 5.37. The molecule has 1 aliphatic heterocycles. The first-order valence-corrected chi connectivity index (χ1v) is 11.4. The van der Waals surface area contributed by atoms with Crippen LogP contribution in [0.4, 0.5) is 4.79 Å². The van der Waals surface area contributed by atoms with Gasteiger partial charge < -0.3 is 24.7 Å². The molecule has 186 valence electrons. The molecule has 3 rings (SSSR count). The van der Waals surface area contributed by atoms with Gasteiger partial charge in [-0.05, 0) is 43.8 Å². The van der Waals surface area contributed by atoms with E-state index < -0.39 is 6.09 Å². The minimum absolute atomic E-state index is 0.0153. The van der Waals surface area contributed by atoms with E-state index in [4.69, 9.17) is 24.7 Å². The van der Waals surface area contributed by atoms with Crippen LogP contribution >= 0.6 is 0 Å². The van der Waals surface area contributed by atoms with E-state index in [1.54, 1.807) is 24.3 Å². The summed E-state index contributed by atoms with van der Waals surface area (Å²) < 4.78 is 21.8. The van der Waals surface area contributed by atoms with Crippen molar-refractivity contribution in [3.8, 4) is 11.5 Å². The SMILES string of the molecule is C=CCOC(=O)C1CC(Oc2cccc(/C(N)=N\C(=O)OCc3ccc(OCC)cc3)c2)CN1C. The molecule has 0 radical (unpaired) electrons. The Labute approximate surface area is 205 Å². The van der Waals surface area contributed by atoms with Gasteiger partial charge in [-0.15, -0.1) is 0 Å². The summed E-state index contributed by atoms with van der Waals surface area (Å²) >= 11 is 0. The zero-order valence-corrected chi connectivity index (χ0v) is 20.0. The molecule has 9 nitrogen and oxygen atoms in total. The lowest BCUT2D eigenvalue weighted by Gasteiger charge is -2.16. The van der Waals surface area contributed by atoms with Gasteiger partial charge >= 0.3 is 12.1 Å². The summed E-state index contributed by atoms with van der Waals surface area (Å²) in [6.07, 6.45) is 1.04. The maximum Gasteiger partial charge on any atom is 0.435 e. The van der Waals surface area contributed by atoms with Crippen LogP contribution < -0.4 is 15.2 Å². The van der Waals surface area contributed by atoms with E-state index in [0.29, 0.717) is 30.9 Å². The summed E-state index contributed by atoms with van der Waals surface area (Å²) in [5.74, 6) is 1.02. The fourth-order valence-electron chi connectivity index (χ4n) is 3.66. The molecule has 0 spiro atoms. The number of rotatable bonds is 10. The topological polar surface area (TPSA) is 113 Å². The maximum atomic E-state index is 12.2. The molecular formula is C26H31N3O6. The van der Waals surface area contributed by atoms with Crippen LogP contribution in [0.25, 0.3) is 0 Å². The number of carbonyl (C=O) groups is 2. The van der Waals surface area contributed by atoms with Gasteiger partial charge in [0.2, 0.25) is 0 Å². The number of amides is 1. The Morgan fingerprint density at radius 3 is 2.66 bits per heavy atom. The van der Waals surface area contributed by atoms with Crippen LogP contribution in [0.15, 0.2) is 66.2 Å². The first-order valence-electron chi connectivity index (χ1n) is 11.4. The Morgan fingerprint density at radius 2 is 1.94 bits per heavy atom. The van der Waals surface area contributed by atoms with Gasteiger partial charge in [0.05, 0.1) is 6.61 Å². The number of aliphatic imine (C=N–C) groups is 1. The van der Waals surface area contributed by atoms with Gasteiger partial charge in [-0.1, -0.05) is 36.9 Å². The fraction of sp³-hybridized carbons (Fsp3) is 0.346. The summed E-state index contributed by atoms with van der Waals surface area (Å²) in [5, 5.41) is 0. The van der Waals surface area contributed by atoms with Gasteiger partial charge in [0.1, 0.15) is 42.7 Å². The van der Waals surface area contributed by atoms with Crippen LogP contribution in [0, 0.1) is 0 Å². The number of hydrogen-bond donors (Lipinski definition) is 1. The number of benzene rings is 2. The van der Waals surface area contributed by atoms with E-state index in [1.165, 1.54) is 6.08 Å². The van der Waals surface area contributed by atoms with Crippen LogP contribution in [0.1, 0.15) is 24.5 Å². The Kier molecular flexibility index (Phi) is 9.25. The smallest absolute Gasteiger partial charge is 0.435 e. The summed E-state index contributed by atoms with van der Waals surface area (Å²) in [4.78, 5) is 30.1. The van der Waals surface area contributed by atoms with Crippen molar-refractivity contribution < 1.29 is 28.5 Å². The van der Waals surface area contributed by atoms with E-state index in [1.807, 2.05) is 43.1 Å². The van der Waals surface area contributed by atoms with Crippen molar-refractivity contribution >= 4 is 17.9 Å². The Bertz CT molecular complexity index is 1050. The largest absolute Gasteiger partial charge is 0.494 e. The molecule has 1 fully saturated rings. The lowest BCUT2D eigenvalue weighted by molar-refractivity contribution is -0.147. The highest BCUT2D eigenvalue weighted by atomic mass is 16.5. The highest BCUT2D eigenvalue weighted by Crippen LogP contribution is 2.23. The first-order chi connectivity index (χ1) is 16.9. The van der Waals surface area contributed by atoms with Crippen molar-refractivity contribution in [1.29, 1.82) is 0 Å². The zero-order chi connectivity index (χ0) is 25.2. The number of nitrogens with zero attached hydrogens (tertiary/aromatic N) is 2. The average Bonchev–Trinajstić information content (AvgIpc) is 3.22. The molecule has 1 amide bonds. The molecule has 0 bridgehead atoms. The fourth-order valence-corrected chi connectivity index (χ4v) is 3.66. The van der Waals surface area contributed by atoms with Crippen LogP contribution in [-0.2, 0) is 20.9 Å². The van der Waals surface area contributed by atoms with Gasteiger partial charge in [0.15, 0.2) is 0 Å². The van der Waals surface area contributed by atoms with Crippen molar-refractivity contribution in [3.63, 3.8) is 0 Å². The Balaban J connectivity index is 1.55. The predicted molar refractivity (Wildman–Crippen MR) is 132 cm³/mol.